The normalized spacial score (nSPS) is 20.0. The molecule has 0 saturated carbocycles. The molecule has 1 saturated heterocycles. The van der Waals surface area contributed by atoms with Crippen LogP contribution in [-0.2, 0) is 0 Å². The Bertz CT molecular complexity index is 383. The highest BCUT2D eigenvalue weighted by Gasteiger charge is 2.24. The Hall–Kier alpha value is -0.0600. The Morgan fingerprint density at radius 2 is 2.00 bits per heavy atom. The minimum Gasteiger partial charge on any atom is -0.369 e. The zero-order chi connectivity index (χ0) is 12.4. The number of halogens is 2. The number of anilines is 1. The van der Waals surface area contributed by atoms with Crippen molar-refractivity contribution in [3.63, 3.8) is 0 Å². The van der Waals surface area contributed by atoms with Gasteiger partial charge in [-0.1, -0.05) is 0 Å². The summed E-state index contributed by atoms with van der Waals surface area (Å²) in [5.74, 6) is 0.764. The third-order valence-electron chi connectivity index (χ3n) is 3.26. The van der Waals surface area contributed by atoms with Gasteiger partial charge < -0.3 is 10.2 Å². The summed E-state index contributed by atoms with van der Waals surface area (Å²) in [6.45, 7) is 5.51. The van der Waals surface area contributed by atoms with Crippen molar-refractivity contribution in [3.8, 4) is 0 Å². The Morgan fingerprint density at radius 1 is 1.35 bits per heavy atom. The molecule has 0 bridgehead atoms. The fourth-order valence-electron chi connectivity index (χ4n) is 2.49. The minimum atomic E-state index is 0.764. The van der Waals surface area contributed by atoms with Gasteiger partial charge in [-0.3, -0.25) is 0 Å². The predicted molar refractivity (Wildman–Crippen MR) is 80.8 cm³/mol. The summed E-state index contributed by atoms with van der Waals surface area (Å²) in [7, 11) is 2.03. The molecule has 0 spiro atoms. The van der Waals surface area contributed by atoms with E-state index in [1.165, 1.54) is 26.6 Å². The lowest BCUT2D eigenvalue weighted by Gasteiger charge is -2.22. The molecule has 1 atom stereocenters. The topological polar surface area (TPSA) is 15.3 Å². The van der Waals surface area contributed by atoms with E-state index >= 15 is 0 Å². The molecule has 0 aromatic heterocycles. The number of rotatable bonds is 3. The molecule has 0 amide bonds. The van der Waals surface area contributed by atoms with E-state index in [1.807, 2.05) is 7.05 Å². The monoisotopic (exact) mass is 360 g/mol. The third kappa shape index (κ3) is 3.04. The molecule has 2 rings (SSSR count). The van der Waals surface area contributed by atoms with Crippen molar-refractivity contribution < 1.29 is 0 Å². The van der Waals surface area contributed by atoms with Crippen LogP contribution in [0.2, 0.25) is 0 Å². The molecule has 2 nitrogen and oxygen atoms in total. The van der Waals surface area contributed by atoms with Gasteiger partial charge in [-0.2, -0.15) is 0 Å². The second-order valence-corrected chi connectivity index (χ2v) is 6.44. The van der Waals surface area contributed by atoms with Crippen molar-refractivity contribution in [1.29, 1.82) is 0 Å². The second kappa shape index (κ2) is 5.72. The van der Waals surface area contributed by atoms with Crippen molar-refractivity contribution in [1.82, 2.24) is 5.32 Å². The van der Waals surface area contributed by atoms with Crippen molar-refractivity contribution in [2.75, 3.05) is 31.6 Å². The predicted octanol–water partition coefficient (Wildman–Crippen LogP) is 3.57. The number of nitrogens with zero attached hydrogens (tertiary/aromatic N) is 1. The lowest BCUT2D eigenvalue weighted by Crippen LogP contribution is -2.24. The van der Waals surface area contributed by atoms with E-state index in [2.05, 4.69) is 61.1 Å². The molecule has 1 heterocycles. The molecule has 94 valence electrons. The van der Waals surface area contributed by atoms with E-state index in [1.54, 1.807) is 0 Å². The number of benzene rings is 1. The first kappa shape index (κ1) is 13.4. The smallest absolute Gasteiger partial charge is 0.0655 e. The zero-order valence-corrected chi connectivity index (χ0v) is 13.4. The van der Waals surface area contributed by atoms with Gasteiger partial charge in [0.15, 0.2) is 0 Å². The van der Waals surface area contributed by atoms with Crippen LogP contribution in [0.5, 0.6) is 0 Å². The molecule has 0 radical (unpaired) electrons. The average Bonchev–Trinajstić information content (AvgIpc) is 2.65. The van der Waals surface area contributed by atoms with E-state index in [0.717, 1.165) is 25.6 Å². The standard InChI is InChI=1S/C13H18Br2N2/c1-9-5-11(14)13(12(15)6-9)17-4-3-10(8-17)7-16-2/h5-6,10,16H,3-4,7-8H2,1-2H3. The van der Waals surface area contributed by atoms with Crippen LogP contribution in [0.3, 0.4) is 0 Å². The number of aryl methyl sites for hydroxylation is 1. The summed E-state index contributed by atoms with van der Waals surface area (Å²) >= 11 is 7.36. The molecule has 1 unspecified atom stereocenters. The molecule has 1 fully saturated rings. The molecule has 1 aromatic rings. The van der Waals surface area contributed by atoms with Gasteiger partial charge in [0, 0.05) is 22.0 Å². The first-order valence-corrected chi connectivity index (χ1v) is 7.55. The molecular weight excluding hydrogens is 344 g/mol. The summed E-state index contributed by atoms with van der Waals surface area (Å²) in [6, 6.07) is 4.37. The van der Waals surface area contributed by atoms with Crippen molar-refractivity contribution in [3.05, 3.63) is 26.6 Å². The van der Waals surface area contributed by atoms with E-state index < -0.39 is 0 Å². The van der Waals surface area contributed by atoms with Crippen LogP contribution in [0, 0.1) is 12.8 Å². The molecule has 1 aliphatic rings. The third-order valence-corrected chi connectivity index (χ3v) is 4.47. The molecular formula is C13H18Br2N2. The second-order valence-electron chi connectivity index (χ2n) is 4.74. The van der Waals surface area contributed by atoms with Gasteiger partial charge in [-0.25, -0.2) is 0 Å². The summed E-state index contributed by atoms with van der Waals surface area (Å²) in [5.41, 5.74) is 2.58. The van der Waals surface area contributed by atoms with Crippen LogP contribution < -0.4 is 10.2 Å². The average molecular weight is 362 g/mol. The van der Waals surface area contributed by atoms with Crippen molar-refractivity contribution in [2.45, 2.75) is 13.3 Å². The molecule has 17 heavy (non-hydrogen) atoms. The summed E-state index contributed by atoms with van der Waals surface area (Å²) < 4.78 is 2.38. The van der Waals surface area contributed by atoms with Crippen LogP contribution >= 0.6 is 31.9 Å². The molecule has 1 aliphatic heterocycles. The number of hydrogen-bond donors (Lipinski definition) is 1. The fourth-order valence-corrected chi connectivity index (χ4v) is 4.40. The van der Waals surface area contributed by atoms with Crippen LogP contribution in [0.25, 0.3) is 0 Å². The maximum absolute atomic E-state index is 3.68. The quantitative estimate of drug-likeness (QED) is 0.885. The highest BCUT2D eigenvalue weighted by atomic mass is 79.9. The Labute approximate surface area is 120 Å². The lowest BCUT2D eigenvalue weighted by atomic mass is 10.1. The highest BCUT2D eigenvalue weighted by Crippen LogP contribution is 2.37. The lowest BCUT2D eigenvalue weighted by molar-refractivity contribution is 0.549. The maximum Gasteiger partial charge on any atom is 0.0655 e. The molecule has 4 heteroatoms. The minimum absolute atomic E-state index is 0.764. The van der Waals surface area contributed by atoms with E-state index in [9.17, 15) is 0 Å². The van der Waals surface area contributed by atoms with Gasteiger partial charge in [0.05, 0.1) is 5.69 Å². The first-order valence-electron chi connectivity index (χ1n) is 5.97. The van der Waals surface area contributed by atoms with E-state index in [0.29, 0.717) is 0 Å². The largest absolute Gasteiger partial charge is 0.369 e. The van der Waals surface area contributed by atoms with Gasteiger partial charge in [0.1, 0.15) is 0 Å². The van der Waals surface area contributed by atoms with Gasteiger partial charge in [-0.05, 0) is 82.4 Å². The number of hydrogen-bond acceptors (Lipinski definition) is 2. The van der Waals surface area contributed by atoms with Crippen molar-refractivity contribution >= 4 is 37.5 Å². The fraction of sp³-hybridized carbons (Fsp3) is 0.538. The van der Waals surface area contributed by atoms with Gasteiger partial charge >= 0.3 is 0 Å². The SMILES string of the molecule is CNCC1CCN(c2c(Br)cc(C)cc2Br)C1. The molecule has 1 aromatic carbocycles. The Balaban J connectivity index is 2.19. The Morgan fingerprint density at radius 3 is 2.59 bits per heavy atom. The first-order chi connectivity index (χ1) is 8.11. The van der Waals surface area contributed by atoms with Crippen LogP contribution in [0.1, 0.15) is 12.0 Å². The zero-order valence-electron chi connectivity index (χ0n) is 10.3. The van der Waals surface area contributed by atoms with E-state index in [4.69, 9.17) is 0 Å². The van der Waals surface area contributed by atoms with Gasteiger partial charge in [-0.15, -0.1) is 0 Å². The Kier molecular flexibility index (Phi) is 4.50. The maximum atomic E-state index is 3.68. The van der Waals surface area contributed by atoms with Crippen molar-refractivity contribution in [2.24, 2.45) is 5.92 Å². The van der Waals surface area contributed by atoms with Gasteiger partial charge in [0.2, 0.25) is 0 Å². The van der Waals surface area contributed by atoms with E-state index in [-0.39, 0.29) is 0 Å². The summed E-state index contributed by atoms with van der Waals surface area (Å²) in [6.07, 6.45) is 1.27. The molecule has 1 N–H and O–H groups in total. The highest BCUT2D eigenvalue weighted by molar-refractivity contribution is 9.11. The van der Waals surface area contributed by atoms with Crippen LogP contribution in [0.15, 0.2) is 21.1 Å². The van der Waals surface area contributed by atoms with Gasteiger partial charge in [0.25, 0.3) is 0 Å². The summed E-state index contributed by atoms with van der Waals surface area (Å²) in [4.78, 5) is 2.47. The number of nitrogens with one attached hydrogen (secondary N) is 1. The summed E-state index contributed by atoms with van der Waals surface area (Å²) in [5, 5.41) is 3.27. The molecule has 0 aliphatic carbocycles. The van der Waals surface area contributed by atoms with Crippen LogP contribution in [-0.4, -0.2) is 26.7 Å². The van der Waals surface area contributed by atoms with Crippen LogP contribution in [0.4, 0.5) is 5.69 Å².